The number of nitrogens with one attached hydrogen (secondary N) is 1. The van der Waals surface area contributed by atoms with E-state index in [9.17, 15) is 5.11 Å². The summed E-state index contributed by atoms with van der Waals surface area (Å²) in [6, 6.07) is 15.9. The SMILES string of the molecule is COc1ccc(C(O)CNC(C)c2ccc(Br)cc2)cc1. The molecule has 0 aliphatic rings. The Labute approximate surface area is 134 Å². The van der Waals surface area contributed by atoms with Crippen LogP contribution in [0.4, 0.5) is 0 Å². The number of aliphatic hydroxyl groups is 1. The molecule has 0 fully saturated rings. The minimum absolute atomic E-state index is 0.186. The third kappa shape index (κ3) is 4.56. The minimum Gasteiger partial charge on any atom is -0.497 e. The molecule has 3 nitrogen and oxygen atoms in total. The van der Waals surface area contributed by atoms with Gasteiger partial charge < -0.3 is 15.2 Å². The average Bonchev–Trinajstić information content (AvgIpc) is 2.53. The minimum atomic E-state index is -0.534. The highest BCUT2D eigenvalue weighted by atomic mass is 79.9. The highest BCUT2D eigenvalue weighted by Gasteiger charge is 2.10. The molecule has 2 aromatic rings. The van der Waals surface area contributed by atoms with Gasteiger partial charge in [-0.25, -0.2) is 0 Å². The Hall–Kier alpha value is -1.36. The van der Waals surface area contributed by atoms with Crippen LogP contribution in [0.25, 0.3) is 0 Å². The molecule has 21 heavy (non-hydrogen) atoms. The lowest BCUT2D eigenvalue weighted by atomic mass is 10.1. The largest absolute Gasteiger partial charge is 0.497 e. The molecule has 0 spiro atoms. The molecule has 2 atom stereocenters. The van der Waals surface area contributed by atoms with Gasteiger partial charge in [0.1, 0.15) is 5.75 Å². The van der Waals surface area contributed by atoms with Crippen molar-refractivity contribution >= 4 is 15.9 Å². The van der Waals surface area contributed by atoms with Crippen LogP contribution in [0.2, 0.25) is 0 Å². The number of benzene rings is 2. The first-order valence-electron chi connectivity index (χ1n) is 6.91. The Kier molecular flexibility index (Phi) is 5.79. The van der Waals surface area contributed by atoms with Gasteiger partial charge in [-0.2, -0.15) is 0 Å². The zero-order chi connectivity index (χ0) is 15.2. The molecule has 0 bridgehead atoms. The van der Waals surface area contributed by atoms with E-state index in [0.29, 0.717) is 6.54 Å². The first-order valence-corrected chi connectivity index (χ1v) is 7.70. The fourth-order valence-corrected chi connectivity index (χ4v) is 2.37. The summed E-state index contributed by atoms with van der Waals surface area (Å²) in [5.74, 6) is 0.794. The Morgan fingerprint density at radius 2 is 1.62 bits per heavy atom. The second-order valence-corrected chi connectivity index (χ2v) is 5.89. The van der Waals surface area contributed by atoms with E-state index in [1.807, 2.05) is 36.4 Å². The van der Waals surface area contributed by atoms with Gasteiger partial charge in [-0.15, -0.1) is 0 Å². The molecule has 0 heterocycles. The van der Waals surface area contributed by atoms with E-state index in [0.717, 1.165) is 15.8 Å². The van der Waals surface area contributed by atoms with Crippen molar-refractivity contribution in [2.24, 2.45) is 0 Å². The van der Waals surface area contributed by atoms with Gasteiger partial charge in [-0.05, 0) is 42.3 Å². The van der Waals surface area contributed by atoms with Crippen molar-refractivity contribution < 1.29 is 9.84 Å². The molecule has 0 aromatic heterocycles. The van der Waals surface area contributed by atoms with Crippen molar-refractivity contribution in [1.29, 1.82) is 0 Å². The van der Waals surface area contributed by atoms with Crippen molar-refractivity contribution in [3.63, 3.8) is 0 Å². The Morgan fingerprint density at radius 3 is 2.19 bits per heavy atom. The van der Waals surface area contributed by atoms with Crippen LogP contribution in [0.5, 0.6) is 5.75 Å². The maximum Gasteiger partial charge on any atom is 0.118 e. The topological polar surface area (TPSA) is 41.5 Å². The third-order valence-corrected chi connectivity index (χ3v) is 4.02. The van der Waals surface area contributed by atoms with Gasteiger partial charge >= 0.3 is 0 Å². The van der Waals surface area contributed by atoms with Crippen LogP contribution in [0, 0.1) is 0 Å². The Morgan fingerprint density at radius 1 is 1.05 bits per heavy atom. The summed E-state index contributed by atoms with van der Waals surface area (Å²) in [5.41, 5.74) is 2.08. The van der Waals surface area contributed by atoms with Gasteiger partial charge in [-0.3, -0.25) is 0 Å². The molecule has 0 saturated carbocycles. The fraction of sp³-hybridized carbons (Fsp3) is 0.294. The maximum atomic E-state index is 10.2. The predicted molar refractivity (Wildman–Crippen MR) is 88.5 cm³/mol. The molecule has 4 heteroatoms. The molecule has 112 valence electrons. The zero-order valence-corrected chi connectivity index (χ0v) is 13.8. The number of rotatable bonds is 6. The molecule has 0 aliphatic carbocycles. The normalized spacial score (nSPS) is 13.7. The number of halogens is 1. The number of ether oxygens (including phenoxy) is 1. The number of hydrogen-bond donors (Lipinski definition) is 2. The van der Waals surface area contributed by atoms with Crippen LogP contribution in [0.15, 0.2) is 53.0 Å². The molecule has 2 unspecified atom stereocenters. The van der Waals surface area contributed by atoms with Gasteiger partial charge in [0.2, 0.25) is 0 Å². The van der Waals surface area contributed by atoms with Crippen LogP contribution in [-0.4, -0.2) is 18.8 Å². The van der Waals surface area contributed by atoms with Gasteiger partial charge in [-0.1, -0.05) is 40.2 Å². The Bertz CT molecular complexity index is 554. The smallest absolute Gasteiger partial charge is 0.118 e. The summed E-state index contributed by atoms with van der Waals surface area (Å²) >= 11 is 3.43. The van der Waals surface area contributed by atoms with Crippen LogP contribution in [-0.2, 0) is 0 Å². The van der Waals surface area contributed by atoms with E-state index >= 15 is 0 Å². The zero-order valence-electron chi connectivity index (χ0n) is 12.2. The standard InChI is InChI=1S/C17H20BrNO2/c1-12(13-3-7-15(18)8-4-13)19-11-17(20)14-5-9-16(21-2)10-6-14/h3-10,12,17,19-20H,11H2,1-2H3. The summed E-state index contributed by atoms with van der Waals surface area (Å²) in [5, 5.41) is 13.6. The molecular weight excluding hydrogens is 330 g/mol. The highest BCUT2D eigenvalue weighted by molar-refractivity contribution is 9.10. The predicted octanol–water partition coefficient (Wildman–Crippen LogP) is 3.84. The summed E-state index contributed by atoms with van der Waals surface area (Å²) in [6.07, 6.45) is -0.534. The van der Waals surface area contributed by atoms with Crippen molar-refractivity contribution in [2.45, 2.75) is 19.1 Å². The van der Waals surface area contributed by atoms with E-state index in [-0.39, 0.29) is 6.04 Å². The van der Waals surface area contributed by atoms with Crippen LogP contribution < -0.4 is 10.1 Å². The number of methoxy groups -OCH3 is 1. The number of aliphatic hydroxyl groups excluding tert-OH is 1. The quantitative estimate of drug-likeness (QED) is 0.832. The lowest BCUT2D eigenvalue weighted by Crippen LogP contribution is -2.24. The van der Waals surface area contributed by atoms with Crippen LogP contribution in [0.3, 0.4) is 0 Å². The molecule has 0 amide bonds. The summed E-state index contributed by atoms with van der Waals surface area (Å²) in [4.78, 5) is 0. The fourth-order valence-electron chi connectivity index (χ4n) is 2.10. The van der Waals surface area contributed by atoms with Gasteiger partial charge in [0, 0.05) is 17.1 Å². The van der Waals surface area contributed by atoms with Crippen molar-refractivity contribution in [2.75, 3.05) is 13.7 Å². The highest BCUT2D eigenvalue weighted by Crippen LogP contribution is 2.19. The lowest BCUT2D eigenvalue weighted by Gasteiger charge is -2.18. The second-order valence-electron chi connectivity index (χ2n) is 4.97. The number of hydrogen-bond acceptors (Lipinski definition) is 3. The average molecular weight is 350 g/mol. The summed E-state index contributed by atoms with van der Waals surface area (Å²) < 4.78 is 6.18. The third-order valence-electron chi connectivity index (χ3n) is 3.49. The molecule has 0 saturated heterocycles. The Balaban J connectivity index is 1.90. The first-order chi connectivity index (χ1) is 10.1. The summed E-state index contributed by atoms with van der Waals surface area (Å²) in [6.45, 7) is 2.59. The van der Waals surface area contributed by atoms with E-state index in [4.69, 9.17) is 4.74 Å². The maximum absolute atomic E-state index is 10.2. The van der Waals surface area contributed by atoms with E-state index in [1.54, 1.807) is 7.11 Å². The molecule has 2 aromatic carbocycles. The molecule has 2 rings (SSSR count). The monoisotopic (exact) mass is 349 g/mol. The molecular formula is C17H20BrNO2. The molecule has 0 radical (unpaired) electrons. The lowest BCUT2D eigenvalue weighted by molar-refractivity contribution is 0.170. The van der Waals surface area contributed by atoms with Gasteiger partial charge in [0.05, 0.1) is 13.2 Å². The van der Waals surface area contributed by atoms with Gasteiger partial charge in [0.25, 0.3) is 0 Å². The second kappa shape index (κ2) is 7.59. The van der Waals surface area contributed by atoms with E-state index < -0.39 is 6.10 Å². The van der Waals surface area contributed by atoms with Crippen LogP contribution >= 0.6 is 15.9 Å². The first kappa shape index (κ1) is 16.0. The van der Waals surface area contributed by atoms with Crippen molar-refractivity contribution in [1.82, 2.24) is 5.32 Å². The van der Waals surface area contributed by atoms with Crippen LogP contribution in [0.1, 0.15) is 30.2 Å². The molecule has 2 N–H and O–H groups in total. The summed E-state index contributed by atoms with van der Waals surface area (Å²) in [7, 11) is 1.63. The van der Waals surface area contributed by atoms with E-state index in [2.05, 4.69) is 40.3 Å². The molecule has 0 aliphatic heterocycles. The van der Waals surface area contributed by atoms with Crippen molar-refractivity contribution in [3.8, 4) is 5.75 Å². The van der Waals surface area contributed by atoms with E-state index in [1.165, 1.54) is 5.56 Å². The van der Waals surface area contributed by atoms with Gasteiger partial charge in [0.15, 0.2) is 0 Å². The van der Waals surface area contributed by atoms with Crippen molar-refractivity contribution in [3.05, 3.63) is 64.1 Å².